The van der Waals surface area contributed by atoms with Crippen LogP contribution in [-0.2, 0) is 11.3 Å². The van der Waals surface area contributed by atoms with Crippen LogP contribution in [0.1, 0.15) is 29.2 Å². The number of ether oxygens (including phenoxy) is 3. The van der Waals surface area contributed by atoms with E-state index >= 15 is 0 Å². The van der Waals surface area contributed by atoms with Gasteiger partial charge in [-0.25, -0.2) is 0 Å². The number of para-hydroxylation sites is 1. The van der Waals surface area contributed by atoms with Crippen LogP contribution < -0.4 is 14.8 Å². The molecular weight excluding hydrogens is 493 g/mol. The maximum Gasteiger partial charge on any atom is 0.194 e. The van der Waals surface area contributed by atoms with Crippen molar-refractivity contribution >= 4 is 29.9 Å². The number of benzene rings is 2. The molecule has 2 aromatic rings. The molecule has 0 spiro atoms. The highest BCUT2D eigenvalue weighted by Gasteiger charge is 2.25. The molecule has 6 nitrogen and oxygen atoms in total. The lowest BCUT2D eigenvalue weighted by Crippen LogP contribution is -2.48. The minimum Gasteiger partial charge on any atom is -0.490 e. The average Bonchev–Trinajstić information content (AvgIpc) is 3.01. The van der Waals surface area contributed by atoms with E-state index in [0.29, 0.717) is 26.4 Å². The van der Waals surface area contributed by atoms with Gasteiger partial charge in [0.05, 0.1) is 26.4 Å². The number of aliphatic imine (C=N–C) groups is 1. The Morgan fingerprint density at radius 3 is 2.77 bits per heavy atom. The van der Waals surface area contributed by atoms with E-state index in [9.17, 15) is 0 Å². The third-order valence-corrected chi connectivity index (χ3v) is 5.40. The number of morpholine rings is 1. The second-order valence-corrected chi connectivity index (χ2v) is 7.36. The summed E-state index contributed by atoms with van der Waals surface area (Å²) in [6.45, 7) is 6.41. The first-order chi connectivity index (χ1) is 14.3. The molecule has 1 atom stereocenters. The van der Waals surface area contributed by atoms with Gasteiger partial charge in [-0.1, -0.05) is 36.4 Å². The SMILES string of the molecule is CN=C(NCc1cccc2c1OCCCO2)N1CCOC(c2ccccc2C)C1.I. The van der Waals surface area contributed by atoms with Gasteiger partial charge in [-0.05, 0) is 24.1 Å². The van der Waals surface area contributed by atoms with Gasteiger partial charge in [0, 0.05) is 32.1 Å². The normalized spacial score (nSPS) is 18.9. The molecule has 0 aromatic heterocycles. The standard InChI is InChI=1S/C23H29N3O3.HI/c1-17-7-3-4-9-19(17)21-16-26(11-14-28-21)23(24-2)25-15-18-8-5-10-20-22(18)29-13-6-12-27-20;/h3-5,7-10,21H,6,11-16H2,1-2H3,(H,24,25);1H. The zero-order valence-corrected chi connectivity index (χ0v) is 19.9. The average molecular weight is 523 g/mol. The van der Waals surface area contributed by atoms with Crippen LogP contribution in [0.2, 0.25) is 0 Å². The molecule has 2 aliphatic heterocycles. The van der Waals surface area contributed by atoms with Gasteiger partial charge in [0.2, 0.25) is 0 Å². The van der Waals surface area contributed by atoms with Crippen molar-refractivity contribution in [2.45, 2.75) is 26.0 Å². The Morgan fingerprint density at radius 2 is 1.93 bits per heavy atom. The van der Waals surface area contributed by atoms with Gasteiger partial charge in [0.25, 0.3) is 0 Å². The minimum atomic E-state index is 0. The van der Waals surface area contributed by atoms with Crippen LogP contribution in [0.5, 0.6) is 11.5 Å². The summed E-state index contributed by atoms with van der Waals surface area (Å²) in [6, 6.07) is 14.5. The number of guanidine groups is 1. The fourth-order valence-electron chi connectivity index (χ4n) is 3.88. The van der Waals surface area contributed by atoms with Crippen LogP contribution >= 0.6 is 24.0 Å². The molecule has 1 unspecified atom stereocenters. The summed E-state index contributed by atoms with van der Waals surface area (Å²) in [5.74, 6) is 2.54. The third-order valence-electron chi connectivity index (χ3n) is 5.40. The number of fused-ring (bicyclic) bond motifs is 1. The Bertz CT molecular complexity index is 875. The fraction of sp³-hybridized carbons (Fsp3) is 0.435. The van der Waals surface area contributed by atoms with Gasteiger partial charge in [-0.15, -0.1) is 24.0 Å². The highest BCUT2D eigenvalue weighted by atomic mass is 127. The fourth-order valence-corrected chi connectivity index (χ4v) is 3.88. The summed E-state index contributed by atoms with van der Waals surface area (Å²) in [5, 5.41) is 3.50. The van der Waals surface area contributed by atoms with E-state index < -0.39 is 0 Å². The summed E-state index contributed by atoms with van der Waals surface area (Å²) in [6.07, 6.45) is 0.949. The molecule has 2 heterocycles. The van der Waals surface area contributed by atoms with Gasteiger partial charge in [-0.2, -0.15) is 0 Å². The Kier molecular flexibility index (Phi) is 8.21. The number of hydrogen-bond acceptors (Lipinski definition) is 4. The first-order valence-corrected chi connectivity index (χ1v) is 10.3. The predicted octanol–water partition coefficient (Wildman–Crippen LogP) is 3.92. The van der Waals surface area contributed by atoms with E-state index in [1.807, 2.05) is 19.2 Å². The van der Waals surface area contributed by atoms with E-state index in [1.165, 1.54) is 11.1 Å². The van der Waals surface area contributed by atoms with Crippen LogP contribution in [0.15, 0.2) is 47.5 Å². The number of halogens is 1. The van der Waals surface area contributed by atoms with Gasteiger partial charge in [0.15, 0.2) is 17.5 Å². The summed E-state index contributed by atoms with van der Waals surface area (Å²) in [5.41, 5.74) is 3.58. The second-order valence-electron chi connectivity index (χ2n) is 7.36. The lowest BCUT2D eigenvalue weighted by atomic mass is 10.0. The Hall–Kier alpha value is -2.00. The largest absolute Gasteiger partial charge is 0.490 e. The second kappa shape index (κ2) is 10.9. The van der Waals surface area contributed by atoms with E-state index in [4.69, 9.17) is 14.2 Å². The summed E-state index contributed by atoms with van der Waals surface area (Å²) >= 11 is 0. The van der Waals surface area contributed by atoms with Crippen molar-refractivity contribution in [2.75, 3.05) is 40.0 Å². The summed E-state index contributed by atoms with van der Waals surface area (Å²) in [7, 11) is 1.83. The van der Waals surface area contributed by atoms with Gasteiger partial charge < -0.3 is 24.4 Å². The van der Waals surface area contributed by atoms with Crippen LogP contribution in [0, 0.1) is 6.92 Å². The molecule has 162 valence electrons. The number of hydrogen-bond donors (Lipinski definition) is 1. The van der Waals surface area contributed by atoms with E-state index in [1.54, 1.807) is 0 Å². The molecule has 1 saturated heterocycles. The van der Waals surface area contributed by atoms with Crippen LogP contribution in [0.3, 0.4) is 0 Å². The van der Waals surface area contributed by atoms with Gasteiger partial charge in [0.1, 0.15) is 6.10 Å². The van der Waals surface area contributed by atoms with E-state index in [-0.39, 0.29) is 30.1 Å². The van der Waals surface area contributed by atoms with E-state index in [0.717, 1.165) is 42.5 Å². The molecule has 0 aliphatic carbocycles. The highest BCUT2D eigenvalue weighted by molar-refractivity contribution is 14.0. The maximum atomic E-state index is 6.06. The first kappa shape index (κ1) is 22.7. The highest BCUT2D eigenvalue weighted by Crippen LogP contribution is 2.33. The minimum absolute atomic E-state index is 0. The first-order valence-electron chi connectivity index (χ1n) is 10.3. The molecule has 1 N–H and O–H groups in total. The third kappa shape index (κ3) is 5.18. The van der Waals surface area contributed by atoms with Crippen molar-refractivity contribution < 1.29 is 14.2 Å². The van der Waals surface area contributed by atoms with Crippen LogP contribution in [0.25, 0.3) is 0 Å². The van der Waals surface area contributed by atoms with Crippen molar-refractivity contribution in [1.29, 1.82) is 0 Å². The maximum absolute atomic E-state index is 6.06. The molecule has 0 bridgehead atoms. The van der Waals surface area contributed by atoms with Crippen LogP contribution in [0.4, 0.5) is 0 Å². The smallest absolute Gasteiger partial charge is 0.194 e. The molecule has 4 rings (SSSR count). The molecule has 1 fully saturated rings. The zero-order chi connectivity index (χ0) is 20.1. The number of nitrogens with one attached hydrogen (secondary N) is 1. The molecule has 7 heteroatoms. The summed E-state index contributed by atoms with van der Waals surface area (Å²) < 4.78 is 17.8. The number of nitrogens with zero attached hydrogens (tertiary/aromatic N) is 2. The molecule has 0 radical (unpaired) electrons. The van der Waals surface area contributed by atoms with Crippen molar-refractivity contribution in [3.63, 3.8) is 0 Å². The predicted molar refractivity (Wildman–Crippen MR) is 129 cm³/mol. The molecule has 2 aromatic carbocycles. The van der Waals surface area contributed by atoms with Gasteiger partial charge in [-0.3, -0.25) is 4.99 Å². The lowest BCUT2D eigenvalue weighted by molar-refractivity contribution is -0.00834. The molecule has 0 amide bonds. The summed E-state index contributed by atoms with van der Waals surface area (Å²) in [4.78, 5) is 6.78. The van der Waals surface area contributed by atoms with Gasteiger partial charge >= 0.3 is 0 Å². The Balaban J connectivity index is 0.00000256. The lowest BCUT2D eigenvalue weighted by Gasteiger charge is -2.35. The van der Waals surface area contributed by atoms with Crippen molar-refractivity contribution in [1.82, 2.24) is 10.2 Å². The van der Waals surface area contributed by atoms with Crippen molar-refractivity contribution in [3.8, 4) is 11.5 Å². The zero-order valence-electron chi connectivity index (χ0n) is 17.6. The van der Waals surface area contributed by atoms with Crippen LogP contribution in [-0.4, -0.2) is 50.8 Å². The molecule has 0 saturated carbocycles. The van der Waals surface area contributed by atoms with Crippen molar-refractivity contribution in [3.05, 3.63) is 59.2 Å². The monoisotopic (exact) mass is 523 g/mol. The molecular formula is C23H30IN3O3. The number of rotatable bonds is 3. The molecule has 2 aliphatic rings. The molecule has 30 heavy (non-hydrogen) atoms. The Labute approximate surface area is 195 Å². The topological polar surface area (TPSA) is 55.3 Å². The number of aryl methyl sites for hydroxylation is 1. The Morgan fingerprint density at radius 1 is 1.10 bits per heavy atom. The van der Waals surface area contributed by atoms with E-state index in [2.05, 4.69) is 52.5 Å². The van der Waals surface area contributed by atoms with Crippen molar-refractivity contribution in [2.24, 2.45) is 4.99 Å². The quantitative estimate of drug-likeness (QED) is 0.376.